The molecule has 1 aromatic rings. The zero-order chi connectivity index (χ0) is 14.7. The van der Waals surface area contributed by atoms with Crippen LogP contribution in [0.3, 0.4) is 0 Å². The van der Waals surface area contributed by atoms with E-state index in [4.69, 9.17) is 15.2 Å². The second kappa shape index (κ2) is 5.43. The second-order valence-electron chi connectivity index (χ2n) is 3.81. The number of rotatable bonds is 4. The molecule has 1 aliphatic heterocycles. The van der Waals surface area contributed by atoms with Crippen molar-refractivity contribution >= 4 is 17.6 Å². The SMILES string of the molecule is NC(=O)COC(=O)c1cc2c(cc1[N+](=O)[O-])OCCO2. The van der Waals surface area contributed by atoms with Crippen molar-refractivity contribution in [2.75, 3.05) is 19.8 Å². The van der Waals surface area contributed by atoms with Crippen molar-refractivity contribution in [3.05, 3.63) is 27.8 Å². The van der Waals surface area contributed by atoms with Gasteiger partial charge < -0.3 is 19.9 Å². The van der Waals surface area contributed by atoms with Gasteiger partial charge in [0.2, 0.25) is 0 Å². The number of ether oxygens (including phenoxy) is 3. The highest BCUT2D eigenvalue weighted by Crippen LogP contribution is 2.36. The van der Waals surface area contributed by atoms with Crippen LogP contribution < -0.4 is 15.2 Å². The van der Waals surface area contributed by atoms with Gasteiger partial charge in [-0.1, -0.05) is 0 Å². The Morgan fingerprint density at radius 3 is 2.45 bits per heavy atom. The van der Waals surface area contributed by atoms with E-state index < -0.39 is 29.1 Å². The summed E-state index contributed by atoms with van der Waals surface area (Å²) in [4.78, 5) is 32.5. The molecule has 106 valence electrons. The minimum absolute atomic E-state index is 0.175. The van der Waals surface area contributed by atoms with Gasteiger partial charge in [-0.3, -0.25) is 14.9 Å². The molecular formula is C11H10N2O7. The largest absolute Gasteiger partial charge is 0.486 e. The highest BCUT2D eigenvalue weighted by Gasteiger charge is 2.27. The first-order valence-corrected chi connectivity index (χ1v) is 5.52. The summed E-state index contributed by atoms with van der Waals surface area (Å²) in [5, 5.41) is 11.0. The van der Waals surface area contributed by atoms with E-state index in [2.05, 4.69) is 4.74 Å². The number of esters is 1. The average Bonchev–Trinajstić information content (AvgIpc) is 2.43. The number of primary amides is 1. The monoisotopic (exact) mass is 282 g/mol. The van der Waals surface area contributed by atoms with Crippen LogP contribution in [0.1, 0.15) is 10.4 Å². The topological polar surface area (TPSA) is 131 Å². The standard InChI is InChI=1S/C11H10N2O7/c12-10(14)5-20-11(15)6-3-8-9(19-2-1-18-8)4-7(6)13(16)17/h3-4H,1-2,5H2,(H2,12,14). The zero-order valence-corrected chi connectivity index (χ0v) is 10.2. The number of nitro groups is 1. The van der Waals surface area contributed by atoms with E-state index in [1.54, 1.807) is 0 Å². The van der Waals surface area contributed by atoms with E-state index in [0.29, 0.717) is 0 Å². The Kier molecular flexibility index (Phi) is 3.69. The van der Waals surface area contributed by atoms with E-state index in [0.717, 1.165) is 12.1 Å². The van der Waals surface area contributed by atoms with Gasteiger partial charge in [-0.2, -0.15) is 0 Å². The van der Waals surface area contributed by atoms with Crippen LogP contribution in [0.2, 0.25) is 0 Å². The van der Waals surface area contributed by atoms with Gasteiger partial charge in [-0.05, 0) is 0 Å². The molecule has 9 nitrogen and oxygen atoms in total. The summed E-state index contributed by atoms with van der Waals surface area (Å²) in [6, 6.07) is 2.23. The molecule has 2 N–H and O–H groups in total. The van der Waals surface area contributed by atoms with Gasteiger partial charge in [0.1, 0.15) is 18.8 Å². The molecule has 0 aliphatic carbocycles. The molecule has 1 heterocycles. The molecule has 0 bridgehead atoms. The fourth-order valence-corrected chi connectivity index (χ4v) is 1.61. The molecule has 0 aromatic heterocycles. The lowest BCUT2D eigenvalue weighted by Gasteiger charge is -2.18. The Hall–Kier alpha value is -2.84. The van der Waals surface area contributed by atoms with E-state index >= 15 is 0 Å². The third-order valence-corrected chi connectivity index (χ3v) is 2.42. The van der Waals surface area contributed by atoms with Gasteiger partial charge in [0.15, 0.2) is 18.1 Å². The number of benzene rings is 1. The predicted molar refractivity (Wildman–Crippen MR) is 63.6 cm³/mol. The molecule has 0 unspecified atom stereocenters. The van der Waals surface area contributed by atoms with Gasteiger partial charge in [0, 0.05) is 6.07 Å². The predicted octanol–water partition coefficient (Wildman–Crippen LogP) is 0.00810. The summed E-state index contributed by atoms with van der Waals surface area (Å²) >= 11 is 0. The molecule has 0 saturated heterocycles. The fourth-order valence-electron chi connectivity index (χ4n) is 1.61. The lowest BCUT2D eigenvalue weighted by atomic mass is 10.1. The average molecular weight is 282 g/mol. The Bertz CT molecular complexity index is 584. The Morgan fingerprint density at radius 2 is 1.90 bits per heavy atom. The minimum Gasteiger partial charge on any atom is -0.486 e. The third-order valence-electron chi connectivity index (χ3n) is 2.42. The van der Waals surface area contributed by atoms with Crippen molar-refractivity contribution in [1.82, 2.24) is 0 Å². The van der Waals surface area contributed by atoms with Crippen LogP contribution in [0.5, 0.6) is 11.5 Å². The maximum atomic E-state index is 11.7. The number of fused-ring (bicyclic) bond motifs is 1. The molecule has 0 saturated carbocycles. The molecule has 1 amide bonds. The summed E-state index contributed by atoms with van der Waals surface area (Å²) in [5.74, 6) is -1.52. The van der Waals surface area contributed by atoms with Gasteiger partial charge >= 0.3 is 5.97 Å². The quantitative estimate of drug-likeness (QED) is 0.467. The Morgan fingerprint density at radius 1 is 1.30 bits per heavy atom. The van der Waals surface area contributed by atoms with E-state index in [-0.39, 0.29) is 30.3 Å². The minimum atomic E-state index is -1.03. The molecule has 0 fully saturated rings. The van der Waals surface area contributed by atoms with Crippen LogP contribution >= 0.6 is 0 Å². The second-order valence-corrected chi connectivity index (χ2v) is 3.81. The van der Waals surface area contributed by atoms with Crippen molar-refractivity contribution in [1.29, 1.82) is 0 Å². The third kappa shape index (κ3) is 2.76. The summed E-state index contributed by atoms with van der Waals surface area (Å²) in [7, 11) is 0. The number of carbonyl (C=O) groups is 2. The van der Waals surface area contributed by atoms with Crippen LogP contribution in [0, 0.1) is 10.1 Å². The first-order valence-electron chi connectivity index (χ1n) is 5.52. The maximum Gasteiger partial charge on any atom is 0.345 e. The fraction of sp³-hybridized carbons (Fsp3) is 0.273. The van der Waals surface area contributed by atoms with Crippen molar-refractivity contribution in [2.45, 2.75) is 0 Å². The van der Waals surface area contributed by atoms with Crippen LogP contribution in [-0.4, -0.2) is 36.6 Å². The number of nitrogens with two attached hydrogens (primary N) is 1. The van der Waals surface area contributed by atoms with E-state index in [9.17, 15) is 19.7 Å². The van der Waals surface area contributed by atoms with Crippen molar-refractivity contribution < 1.29 is 28.7 Å². The van der Waals surface area contributed by atoms with E-state index in [1.165, 1.54) is 0 Å². The van der Waals surface area contributed by atoms with Gasteiger partial charge in [0.25, 0.3) is 11.6 Å². The first-order chi connectivity index (χ1) is 9.49. The first kappa shape index (κ1) is 13.6. The molecule has 9 heteroatoms. The summed E-state index contributed by atoms with van der Waals surface area (Å²) in [5.41, 5.74) is 4.00. The lowest BCUT2D eigenvalue weighted by Crippen LogP contribution is -2.22. The molecule has 20 heavy (non-hydrogen) atoms. The van der Waals surface area contributed by atoms with Gasteiger partial charge in [-0.15, -0.1) is 0 Å². The van der Waals surface area contributed by atoms with E-state index in [1.807, 2.05) is 0 Å². The lowest BCUT2D eigenvalue weighted by molar-refractivity contribution is -0.385. The summed E-state index contributed by atoms with van der Waals surface area (Å²) in [6.45, 7) is -0.138. The molecule has 0 atom stereocenters. The molecule has 1 aromatic carbocycles. The number of hydrogen-bond acceptors (Lipinski definition) is 7. The highest BCUT2D eigenvalue weighted by molar-refractivity contribution is 5.96. The molecule has 2 rings (SSSR count). The van der Waals surface area contributed by atoms with Crippen LogP contribution in [-0.2, 0) is 9.53 Å². The van der Waals surface area contributed by atoms with Crippen LogP contribution in [0.25, 0.3) is 0 Å². The molecule has 1 aliphatic rings. The summed E-state index contributed by atoms with van der Waals surface area (Å²) in [6.07, 6.45) is 0. The van der Waals surface area contributed by atoms with Crippen LogP contribution in [0.15, 0.2) is 12.1 Å². The molecule has 0 radical (unpaired) electrons. The smallest absolute Gasteiger partial charge is 0.345 e. The van der Waals surface area contributed by atoms with Crippen LogP contribution in [0.4, 0.5) is 5.69 Å². The van der Waals surface area contributed by atoms with Crippen molar-refractivity contribution in [3.63, 3.8) is 0 Å². The number of amides is 1. The van der Waals surface area contributed by atoms with Crippen molar-refractivity contribution in [3.8, 4) is 11.5 Å². The number of nitrogens with zero attached hydrogens (tertiary/aromatic N) is 1. The molecule has 0 spiro atoms. The number of nitro benzene ring substituents is 1. The summed E-state index contributed by atoms with van der Waals surface area (Å²) < 4.78 is 15.0. The number of hydrogen-bond donors (Lipinski definition) is 1. The zero-order valence-electron chi connectivity index (χ0n) is 10.2. The maximum absolute atomic E-state index is 11.7. The molecular weight excluding hydrogens is 272 g/mol. The normalized spacial score (nSPS) is 12.6. The Balaban J connectivity index is 2.37. The Labute approximate surface area is 112 Å². The highest BCUT2D eigenvalue weighted by atomic mass is 16.6. The number of carbonyl (C=O) groups excluding carboxylic acids is 2. The van der Waals surface area contributed by atoms with Gasteiger partial charge in [0.05, 0.1) is 11.0 Å². The van der Waals surface area contributed by atoms with Gasteiger partial charge in [-0.25, -0.2) is 4.79 Å². The van der Waals surface area contributed by atoms with Crippen molar-refractivity contribution in [2.24, 2.45) is 5.73 Å².